The van der Waals surface area contributed by atoms with E-state index < -0.39 is 5.82 Å². The second-order valence-electron chi connectivity index (χ2n) is 3.97. The second kappa shape index (κ2) is 5.31. The molecule has 0 atom stereocenters. The molecule has 18 heavy (non-hydrogen) atoms. The molecule has 2 aromatic carbocycles. The second-order valence-corrected chi connectivity index (χ2v) is 4.88. The molecule has 0 spiro atoms. The highest BCUT2D eigenvalue weighted by molar-refractivity contribution is 9.10. The van der Waals surface area contributed by atoms with E-state index >= 15 is 0 Å². The Bertz CT molecular complexity index is 581. The van der Waals surface area contributed by atoms with Crippen molar-refractivity contribution in [1.29, 1.82) is 0 Å². The first-order chi connectivity index (χ1) is 8.56. The average molecular weight is 308 g/mol. The van der Waals surface area contributed by atoms with E-state index in [2.05, 4.69) is 15.9 Å². The maximum Gasteiger partial charge on any atom is 0.170 e. The Morgan fingerprint density at radius 2 is 1.83 bits per heavy atom. The summed E-state index contributed by atoms with van der Waals surface area (Å²) in [5, 5.41) is 0. The molecule has 0 saturated heterocycles. The van der Waals surface area contributed by atoms with Crippen LogP contribution in [0.15, 0.2) is 46.9 Å². The van der Waals surface area contributed by atoms with Crippen molar-refractivity contribution in [3.05, 3.63) is 63.9 Å². The van der Waals surface area contributed by atoms with Crippen LogP contribution in [0.5, 0.6) is 0 Å². The first-order valence-electron chi connectivity index (χ1n) is 5.39. The van der Waals surface area contributed by atoms with Crippen LogP contribution >= 0.6 is 15.9 Å². The molecule has 0 amide bonds. The van der Waals surface area contributed by atoms with E-state index in [1.165, 1.54) is 12.1 Å². The molecule has 0 bridgehead atoms. The van der Waals surface area contributed by atoms with Crippen molar-refractivity contribution >= 4 is 27.4 Å². The molecule has 2 rings (SSSR count). The Morgan fingerprint density at radius 1 is 1.17 bits per heavy atom. The minimum atomic E-state index is -0.501. The highest BCUT2D eigenvalue weighted by Crippen LogP contribution is 2.18. The molecule has 0 aliphatic carbocycles. The lowest BCUT2D eigenvalue weighted by atomic mass is 10.0. The minimum absolute atomic E-state index is 0.0983. The third-order valence-corrected chi connectivity index (χ3v) is 3.07. The number of halogens is 2. The molecule has 2 nitrogen and oxygen atoms in total. The van der Waals surface area contributed by atoms with Gasteiger partial charge in [0.1, 0.15) is 5.82 Å². The van der Waals surface area contributed by atoms with Gasteiger partial charge >= 0.3 is 0 Å². The minimum Gasteiger partial charge on any atom is -0.399 e. The van der Waals surface area contributed by atoms with E-state index in [1.54, 1.807) is 30.3 Å². The molecule has 4 heteroatoms. The van der Waals surface area contributed by atoms with E-state index in [9.17, 15) is 9.18 Å². The maximum atomic E-state index is 13.5. The van der Waals surface area contributed by atoms with E-state index in [0.29, 0.717) is 10.2 Å². The van der Waals surface area contributed by atoms with Crippen LogP contribution in [-0.4, -0.2) is 5.78 Å². The average Bonchev–Trinajstić information content (AvgIpc) is 2.35. The molecular formula is C14H11BrFNO. The highest BCUT2D eigenvalue weighted by atomic mass is 79.9. The lowest BCUT2D eigenvalue weighted by Crippen LogP contribution is -2.06. The van der Waals surface area contributed by atoms with Crippen molar-refractivity contribution in [1.82, 2.24) is 0 Å². The first-order valence-corrected chi connectivity index (χ1v) is 6.18. The van der Waals surface area contributed by atoms with Gasteiger partial charge < -0.3 is 5.73 Å². The predicted octanol–water partition coefficient (Wildman–Crippen LogP) is 3.60. The quantitative estimate of drug-likeness (QED) is 0.695. The van der Waals surface area contributed by atoms with Gasteiger partial charge in [-0.2, -0.15) is 0 Å². The molecule has 0 aromatic heterocycles. The summed E-state index contributed by atoms with van der Waals surface area (Å²) >= 11 is 3.22. The van der Waals surface area contributed by atoms with Crippen molar-refractivity contribution in [2.75, 3.05) is 5.73 Å². The number of carbonyl (C=O) groups excluding carboxylic acids is 1. The molecule has 0 aliphatic heterocycles. The Hall–Kier alpha value is -1.68. The van der Waals surface area contributed by atoms with Crippen LogP contribution in [0.2, 0.25) is 0 Å². The highest BCUT2D eigenvalue weighted by Gasteiger charge is 2.12. The molecule has 0 aliphatic rings. The van der Waals surface area contributed by atoms with Gasteiger partial charge in [-0.1, -0.05) is 28.1 Å². The monoisotopic (exact) mass is 307 g/mol. The van der Waals surface area contributed by atoms with Gasteiger partial charge in [-0.05, 0) is 35.9 Å². The number of carbonyl (C=O) groups is 1. The van der Waals surface area contributed by atoms with Gasteiger partial charge in [0, 0.05) is 16.6 Å². The smallest absolute Gasteiger partial charge is 0.170 e. The van der Waals surface area contributed by atoms with E-state index in [1.807, 2.05) is 0 Å². The lowest BCUT2D eigenvalue weighted by molar-refractivity contribution is 0.0989. The zero-order valence-corrected chi connectivity index (χ0v) is 11.1. The number of ketones is 1. The van der Waals surface area contributed by atoms with Crippen LogP contribution in [0.1, 0.15) is 15.9 Å². The summed E-state index contributed by atoms with van der Waals surface area (Å²) in [7, 11) is 0. The van der Waals surface area contributed by atoms with Crippen molar-refractivity contribution in [3.63, 3.8) is 0 Å². The fourth-order valence-electron chi connectivity index (χ4n) is 1.63. The Balaban J connectivity index is 2.21. The van der Waals surface area contributed by atoms with Gasteiger partial charge in [0.25, 0.3) is 0 Å². The number of Topliss-reactive ketones (excluding diaryl/α,β-unsaturated/α-hetero) is 1. The van der Waals surface area contributed by atoms with Crippen LogP contribution in [0, 0.1) is 5.82 Å². The molecule has 0 radical (unpaired) electrons. The van der Waals surface area contributed by atoms with Crippen LogP contribution in [0.3, 0.4) is 0 Å². The van der Waals surface area contributed by atoms with Gasteiger partial charge in [0.15, 0.2) is 5.78 Å². The zero-order valence-electron chi connectivity index (χ0n) is 9.49. The summed E-state index contributed by atoms with van der Waals surface area (Å²) in [5.41, 5.74) is 7.11. The standard InChI is InChI=1S/C14H11BrFNO/c15-10-3-6-13(16)12(8-10)14(18)7-9-1-4-11(17)5-2-9/h1-6,8H,7,17H2. The van der Waals surface area contributed by atoms with E-state index in [0.717, 1.165) is 5.56 Å². The predicted molar refractivity (Wildman–Crippen MR) is 73.0 cm³/mol. The molecule has 2 N–H and O–H groups in total. The van der Waals surface area contributed by atoms with E-state index in [-0.39, 0.29) is 17.8 Å². The molecule has 0 heterocycles. The molecule has 92 valence electrons. The van der Waals surface area contributed by atoms with Crippen molar-refractivity contribution in [3.8, 4) is 0 Å². The third kappa shape index (κ3) is 2.96. The number of hydrogen-bond acceptors (Lipinski definition) is 2. The Morgan fingerprint density at radius 3 is 2.50 bits per heavy atom. The zero-order chi connectivity index (χ0) is 13.1. The SMILES string of the molecule is Nc1ccc(CC(=O)c2cc(Br)ccc2F)cc1. The first kappa shape index (κ1) is 12.8. The third-order valence-electron chi connectivity index (χ3n) is 2.57. The fraction of sp³-hybridized carbons (Fsp3) is 0.0714. The summed E-state index contributed by atoms with van der Waals surface area (Å²) in [5.74, 6) is -0.753. The lowest BCUT2D eigenvalue weighted by Gasteiger charge is -2.04. The van der Waals surface area contributed by atoms with Gasteiger partial charge in [0.2, 0.25) is 0 Å². The van der Waals surface area contributed by atoms with Crippen LogP contribution < -0.4 is 5.73 Å². The molecule has 0 fully saturated rings. The summed E-state index contributed by atoms with van der Waals surface area (Å²) < 4.78 is 14.2. The fourth-order valence-corrected chi connectivity index (χ4v) is 1.99. The molecule has 0 unspecified atom stereocenters. The molecule has 2 aromatic rings. The largest absolute Gasteiger partial charge is 0.399 e. The number of nitrogens with two attached hydrogens (primary N) is 1. The number of hydrogen-bond donors (Lipinski definition) is 1. The van der Waals surface area contributed by atoms with Crippen molar-refractivity contribution < 1.29 is 9.18 Å². The summed E-state index contributed by atoms with van der Waals surface area (Å²) in [4.78, 5) is 12.0. The van der Waals surface area contributed by atoms with Crippen molar-refractivity contribution in [2.45, 2.75) is 6.42 Å². The Labute approximate surface area is 113 Å². The number of anilines is 1. The topological polar surface area (TPSA) is 43.1 Å². The summed E-state index contributed by atoms with van der Waals surface area (Å²) in [6.07, 6.45) is 0.160. The van der Waals surface area contributed by atoms with Gasteiger partial charge in [-0.25, -0.2) is 4.39 Å². The Kier molecular flexibility index (Phi) is 3.77. The van der Waals surface area contributed by atoms with Crippen LogP contribution in [-0.2, 0) is 6.42 Å². The number of benzene rings is 2. The summed E-state index contributed by atoms with van der Waals surface area (Å²) in [6.45, 7) is 0. The van der Waals surface area contributed by atoms with Crippen molar-refractivity contribution in [2.24, 2.45) is 0 Å². The number of rotatable bonds is 3. The van der Waals surface area contributed by atoms with Crippen LogP contribution in [0.25, 0.3) is 0 Å². The van der Waals surface area contributed by atoms with Gasteiger partial charge in [-0.3, -0.25) is 4.79 Å². The van der Waals surface area contributed by atoms with Gasteiger partial charge in [-0.15, -0.1) is 0 Å². The molecular weight excluding hydrogens is 297 g/mol. The van der Waals surface area contributed by atoms with Crippen LogP contribution in [0.4, 0.5) is 10.1 Å². The van der Waals surface area contributed by atoms with Gasteiger partial charge in [0.05, 0.1) is 5.56 Å². The normalized spacial score (nSPS) is 10.3. The maximum absolute atomic E-state index is 13.5. The number of nitrogen functional groups attached to an aromatic ring is 1. The van der Waals surface area contributed by atoms with E-state index in [4.69, 9.17) is 5.73 Å². The molecule has 0 saturated carbocycles. The summed E-state index contributed by atoms with van der Waals surface area (Å²) in [6, 6.07) is 11.3.